The molecule has 1 N–H and O–H groups in total. The van der Waals surface area contributed by atoms with E-state index < -0.39 is 0 Å². The molecule has 0 radical (unpaired) electrons. The first kappa shape index (κ1) is 26.3. The number of carbonyl (C=O) groups is 1. The molecule has 4 heteroatoms. The average molecular weight is 394 g/mol. The minimum atomic E-state index is -0.172. The van der Waals surface area contributed by atoms with E-state index >= 15 is 0 Å². The van der Waals surface area contributed by atoms with Gasteiger partial charge in [0.25, 0.3) is 0 Å². The Morgan fingerprint density at radius 1 is 0.708 bits per heavy atom. The quantitative estimate of drug-likeness (QED) is 0.182. The van der Waals surface area contributed by atoms with Crippen molar-refractivity contribution in [1.29, 1.82) is 0 Å². The molecule has 24 heavy (non-hydrogen) atoms. The van der Waals surface area contributed by atoms with E-state index in [2.05, 4.69) is 6.92 Å². The smallest absolute Gasteiger partial charge is 0.305 e. The van der Waals surface area contributed by atoms with Gasteiger partial charge in [0.05, 0.1) is 6.61 Å². The van der Waals surface area contributed by atoms with E-state index in [0.29, 0.717) is 6.42 Å². The summed E-state index contributed by atoms with van der Waals surface area (Å²) in [5.41, 5.74) is 0. The Morgan fingerprint density at radius 3 is 1.46 bits per heavy atom. The molecule has 0 aliphatic heterocycles. The summed E-state index contributed by atoms with van der Waals surface area (Å²) in [5.74, 6) is -0.172. The molecule has 0 heterocycles. The van der Waals surface area contributed by atoms with E-state index in [9.17, 15) is 4.79 Å². The maximum absolute atomic E-state index is 11.2. The van der Waals surface area contributed by atoms with Crippen LogP contribution in [0.1, 0.15) is 110 Å². The van der Waals surface area contributed by atoms with Gasteiger partial charge < -0.3 is 9.84 Å². The van der Waals surface area contributed by atoms with E-state index in [1.807, 2.05) is 0 Å². The second-order valence-corrected chi connectivity index (χ2v) is 6.64. The molecule has 0 spiro atoms. The average Bonchev–Trinajstić information content (AvgIpc) is 2.56. The standard InChI is InChI=1S/C20H40O3.Zn/c1-2-3-4-5-6-7-8-9-10-11-12-13-14-15-16-17-20(22)23-19-18-21;/h21H,2-19H2,1H3;. The summed E-state index contributed by atoms with van der Waals surface area (Å²) in [7, 11) is 0. The van der Waals surface area contributed by atoms with Crippen LogP contribution in [0.2, 0.25) is 0 Å². The van der Waals surface area contributed by atoms with Gasteiger partial charge >= 0.3 is 5.97 Å². The van der Waals surface area contributed by atoms with Gasteiger partial charge in [-0.25, -0.2) is 0 Å². The predicted molar refractivity (Wildman–Crippen MR) is 97.6 cm³/mol. The zero-order valence-corrected chi connectivity index (χ0v) is 19.2. The molecule has 0 aliphatic carbocycles. The van der Waals surface area contributed by atoms with E-state index in [4.69, 9.17) is 9.84 Å². The van der Waals surface area contributed by atoms with Gasteiger partial charge in [-0.15, -0.1) is 0 Å². The van der Waals surface area contributed by atoms with Crippen molar-refractivity contribution in [2.24, 2.45) is 0 Å². The summed E-state index contributed by atoms with van der Waals surface area (Å²) in [6.07, 6.45) is 20.4. The van der Waals surface area contributed by atoms with E-state index in [0.717, 1.165) is 12.8 Å². The predicted octanol–water partition coefficient (Wildman–Crippen LogP) is 5.78. The molecule has 0 aromatic rings. The van der Waals surface area contributed by atoms with Gasteiger partial charge in [0.1, 0.15) is 6.61 Å². The number of aliphatic hydroxyl groups excluding tert-OH is 1. The first-order valence-electron chi connectivity index (χ1n) is 10.1. The van der Waals surface area contributed by atoms with Gasteiger partial charge in [0.2, 0.25) is 0 Å². The normalized spacial score (nSPS) is 10.4. The van der Waals surface area contributed by atoms with Crippen LogP contribution in [0.4, 0.5) is 0 Å². The summed E-state index contributed by atoms with van der Waals surface area (Å²) >= 11 is 0. The van der Waals surface area contributed by atoms with Crippen LogP contribution in [0.25, 0.3) is 0 Å². The molecular formula is C20H40O3Zn. The number of unbranched alkanes of at least 4 members (excludes halogenated alkanes) is 14. The van der Waals surface area contributed by atoms with Crippen molar-refractivity contribution < 1.29 is 34.1 Å². The summed E-state index contributed by atoms with van der Waals surface area (Å²) in [6, 6.07) is 0. The molecule has 0 bridgehead atoms. The third-order valence-corrected chi connectivity index (χ3v) is 4.34. The molecule has 0 aliphatic rings. The first-order chi connectivity index (χ1) is 11.3. The number of carbonyl (C=O) groups excluding carboxylic acids is 1. The number of hydrogen-bond acceptors (Lipinski definition) is 3. The zero-order valence-electron chi connectivity index (χ0n) is 16.2. The second kappa shape index (κ2) is 23.1. The molecule has 0 unspecified atom stereocenters. The third-order valence-electron chi connectivity index (χ3n) is 4.34. The molecule has 140 valence electrons. The summed E-state index contributed by atoms with van der Waals surface area (Å²) in [4.78, 5) is 11.2. The number of esters is 1. The Bertz CT molecular complexity index is 247. The molecule has 3 nitrogen and oxygen atoms in total. The summed E-state index contributed by atoms with van der Waals surface area (Å²) in [5, 5.41) is 8.54. The van der Waals surface area contributed by atoms with Crippen LogP contribution in [0.15, 0.2) is 0 Å². The largest absolute Gasteiger partial charge is 0.463 e. The van der Waals surface area contributed by atoms with Gasteiger partial charge in [-0.05, 0) is 6.42 Å². The minimum absolute atomic E-state index is 0. The van der Waals surface area contributed by atoms with Crippen LogP contribution in [-0.4, -0.2) is 24.3 Å². The molecule has 0 aromatic carbocycles. The van der Waals surface area contributed by atoms with E-state index in [-0.39, 0.29) is 38.7 Å². The van der Waals surface area contributed by atoms with Crippen molar-refractivity contribution in [3.8, 4) is 0 Å². The number of hydrogen-bond donors (Lipinski definition) is 1. The first-order valence-corrected chi connectivity index (χ1v) is 10.1. The van der Waals surface area contributed by atoms with Gasteiger partial charge in [-0.1, -0.05) is 96.8 Å². The number of aliphatic hydroxyl groups is 1. The third kappa shape index (κ3) is 22.1. The maximum Gasteiger partial charge on any atom is 0.305 e. The Balaban J connectivity index is 0. The molecule has 0 aromatic heterocycles. The summed E-state index contributed by atoms with van der Waals surface area (Å²) < 4.78 is 4.82. The molecule has 0 fully saturated rings. The van der Waals surface area contributed by atoms with E-state index in [1.165, 1.54) is 83.5 Å². The maximum atomic E-state index is 11.2. The van der Waals surface area contributed by atoms with Crippen LogP contribution in [0.3, 0.4) is 0 Å². The fraction of sp³-hybridized carbons (Fsp3) is 0.950. The van der Waals surface area contributed by atoms with Crippen molar-refractivity contribution in [3.05, 3.63) is 0 Å². The van der Waals surface area contributed by atoms with Crippen molar-refractivity contribution >= 4 is 5.97 Å². The van der Waals surface area contributed by atoms with Crippen molar-refractivity contribution in [2.45, 2.75) is 110 Å². The van der Waals surface area contributed by atoms with Gasteiger partial charge in [-0.2, -0.15) is 0 Å². The van der Waals surface area contributed by atoms with Crippen LogP contribution >= 0.6 is 0 Å². The van der Waals surface area contributed by atoms with Gasteiger partial charge in [-0.3, -0.25) is 4.79 Å². The van der Waals surface area contributed by atoms with Crippen LogP contribution in [0.5, 0.6) is 0 Å². The Morgan fingerprint density at radius 2 is 1.08 bits per heavy atom. The fourth-order valence-electron chi connectivity index (χ4n) is 2.87. The number of rotatable bonds is 18. The molecular weight excluding hydrogens is 354 g/mol. The minimum Gasteiger partial charge on any atom is -0.463 e. The Hall–Kier alpha value is 0.0534. The van der Waals surface area contributed by atoms with E-state index in [1.54, 1.807) is 0 Å². The van der Waals surface area contributed by atoms with Crippen LogP contribution in [0, 0.1) is 0 Å². The Labute approximate surface area is 163 Å². The molecule has 0 rings (SSSR count). The topological polar surface area (TPSA) is 46.5 Å². The molecule has 0 saturated heterocycles. The van der Waals surface area contributed by atoms with Crippen molar-refractivity contribution in [3.63, 3.8) is 0 Å². The van der Waals surface area contributed by atoms with Gasteiger partial charge in [0, 0.05) is 25.9 Å². The fourth-order valence-corrected chi connectivity index (χ4v) is 2.87. The Kier molecular flexibility index (Phi) is 25.2. The monoisotopic (exact) mass is 392 g/mol. The van der Waals surface area contributed by atoms with Crippen molar-refractivity contribution in [2.75, 3.05) is 13.2 Å². The SMILES string of the molecule is CCCCCCCCCCCCCCCCCC(=O)OCCO.[Zn]. The second-order valence-electron chi connectivity index (χ2n) is 6.64. The number of ether oxygens (including phenoxy) is 1. The molecule has 0 amide bonds. The van der Waals surface area contributed by atoms with Crippen LogP contribution < -0.4 is 0 Å². The summed E-state index contributed by atoms with van der Waals surface area (Å²) in [6.45, 7) is 2.33. The van der Waals surface area contributed by atoms with Gasteiger partial charge in [0.15, 0.2) is 0 Å². The van der Waals surface area contributed by atoms with Crippen molar-refractivity contribution in [1.82, 2.24) is 0 Å². The zero-order chi connectivity index (χ0) is 17.0. The van der Waals surface area contributed by atoms with Crippen LogP contribution in [-0.2, 0) is 29.0 Å². The molecule has 0 atom stereocenters. The molecule has 0 saturated carbocycles.